The summed E-state index contributed by atoms with van der Waals surface area (Å²) in [6, 6.07) is 51.4. The zero-order valence-electron chi connectivity index (χ0n) is 32.2. The van der Waals surface area contributed by atoms with Gasteiger partial charge in [0.15, 0.2) is 0 Å². The van der Waals surface area contributed by atoms with E-state index >= 15 is 0 Å². The molecule has 53 heavy (non-hydrogen) atoms. The van der Waals surface area contributed by atoms with Gasteiger partial charge in [0.25, 0.3) is 0 Å². The zero-order valence-corrected chi connectivity index (χ0v) is 32.2. The molecular formula is C53H46. The predicted molar refractivity (Wildman–Crippen MR) is 231 cm³/mol. The molecular weight excluding hydrogens is 637 g/mol. The van der Waals surface area contributed by atoms with Gasteiger partial charge in [-0.15, -0.1) is 0 Å². The molecule has 1 aliphatic rings. The van der Waals surface area contributed by atoms with E-state index in [1.165, 1.54) is 109 Å². The van der Waals surface area contributed by atoms with Crippen molar-refractivity contribution < 1.29 is 0 Å². The molecule has 0 aromatic heterocycles. The molecule has 0 nitrogen and oxygen atoms in total. The van der Waals surface area contributed by atoms with E-state index in [1.54, 1.807) is 0 Å². The Morgan fingerprint density at radius 1 is 0.377 bits per heavy atom. The van der Waals surface area contributed by atoms with Crippen molar-refractivity contribution in [3.63, 3.8) is 0 Å². The molecule has 0 aliphatic heterocycles. The first kappa shape index (κ1) is 32.2. The molecule has 0 atom stereocenters. The maximum absolute atomic E-state index is 2.50. The van der Waals surface area contributed by atoms with Crippen LogP contribution in [0, 0.1) is 0 Å². The van der Waals surface area contributed by atoms with Crippen LogP contribution in [0.4, 0.5) is 0 Å². The van der Waals surface area contributed by atoms with Crippen molar-refractivity contribution in [1.82, 2.24) is 0 Å². The Bertz CT molecular complexity index is 2970. The van der Waals surface area contributed by atoms with Crippen molar-refractivity contribution in [1.29, 1.82) is 0 Å². The van der Waals surface area contributed by atoms with Crippen LogP contribution >= 0.6 is 0 Å². The van der Waals surface area contributed by atoms with E-state index in [1.807, 2.05) is 0 Å². The third-order valence-electron chi connectivity index (χ3n) is 12.5. The molecule has 0 bridgehead atoms. The minimum atomic E-state index is -0.0827. The van der Waals surface area contributed by atoms with E-state index < -0.39 is 0 Å². The summed E-state index contributed by atoms with van der Waals surface area (Å²) in [5.41, 5.74) is 13.7. The first-order chi connectivity index (χ1) is 25.3. The lowest BCUT2D eigenvalue weighted by Gasteiger charge is -2.27. The van der Waals surface area contributed by atoms with Crippen LogP contribution in [0.1, 0.15) is 77.6 Å². The van der Waals surface area contributed by atoms with E-state index in [2.05, 4.69) is 189 Å². The minimum absolute atomic E-state index is 0.0317. The molecule has 1 aliphatic carbocycles. The van der Waals surface area contributed by atoms with E-state index in [0.29, 0.717) is 0 Å². The molecule has 10 rings (SSSR count). The minimum Gasteiger partial charge on any atom is -0.0616 e. The van der Waals surface area contributed by atoms with Gasteiger partial charge in [-0.2, -0.15) is 0 Å². The van der Waals surface area contributed by atoms with E-state index in [9.17, 15) is 0 Å². The Balaban J connectivity index is 1.14. The first-order valence-electron chi connectivity index (χ1n) is 19.3. The second-order valence-electron chi connectivity index (χ2n) is 18.2. The molecule has 0 unspecified atom stereocenters. The van der Waals surface area contributed by atoms with E-state index in [0.717, 1.165) is 0 Å². The number of benzene rings is 9. The summed E-state index contributed by atoms with van der Waals surface area (Å²) in [6.45, 7) is 18.8. The summed E-state index contributed by atoms with van der Waals surface area (Å²) in [6.07, 6.45) is 0. The van der Waals surface area contributed by atoms with Crippen molar-refractivity contribution in [2.45, 2.75) is 71.6 Å². The van der Waals surface area contributed by atoms with Crippen molar-refractivity contribution in [2.75, 3.05) is 0 Å². The molecule has 0 saturated carbocycles. The summed E-state index contributed by atoms with van der Waals surface area (Å²) in [4.78, 5) is 0. The Hall–Kier alpha value is -5.46. The average Bonchev–Trinajstić information content (AvgIpc) is 3.38. The average molecular weight is 683 g/mol. The topological polar surface area (TPSA) is 0 Å². The molecule has 0 amide bonds. The lowest BCUT2D eigenvalue weighted by atomic mass is 9.76. The number of fused-ring (bicyclic) bond motifs is 7. The number of rotatable bonds is 2. The van der Waals surface area contributed by atoms with Gasteiger partial charge in [0.1, 0.15) is 0 Å². The molecule has 0 heterocycles. The zero-order chi connectivity index (χ0) is 36.6. The van der Waals surface area contributed by atoms with Crippen LogP contribution in [0.2, 0.25) is 0 Å². The fourth-order valence-electron chi connectivity index (χ4n) is 9.43. The summed E-state index contributed by atoms with van der Waals surface area (Å²) < 4.78 is 0. The molecule has 0 radical (unpaired) electrons. The Morgan fingerprint density at radius 2 is 0.943 bits per heavy atom. The van der Waals surface area contributed by atoms with Gasteiger partial charge in [-0.1, -0.05) is 171 Å². The van der Waals surface area contributed by atoms with Gasteiger partial charge in [0.2, 0.25) is 0 Å². The van der Waals surface area contributed by atoms with Gasteiger partial charge in [0, 0.05) is 5.41 Å². The Kier molecular flexibility index (Phi) is 6.56. The second-order valence-corrected chi connectivity index (χ2v) is 18.2. The number of hydrogen-bond donors (Lipinski definition) is 0. The van der Waals surface area contributed by atoms with Crippen LogP contribution < -0.4 is 0 Å². The number of hydrogen-bond acceptors (Lipinski definition) is 0. The highest BCUT2D eigenvalue weighted by atomic mass is 14.4. The third kappa shape index (κ3) is 4.67. The van der Waals surface area contributed by atoms with Crippen molar-refractivity contribution in [3.8, 4) is 33.4 Å². The molecule has 0 heteroatoms. The van der Waals surface area contributed by atoms with Crippen LogP contribution in [0.25, 0.3) is 87.2 Å². The molecule has 258 valence electrons. The van der Waals surface area contributed by atoms with Crippen molar-refractivity contribution in [2.24, 2.45) is 0 Å². The molecule has 0 saturated heterocycles. The van der Waals surface area contributed by atoms with E-state index in [-0.39, 0.29) is 16.2 Å². The van der Waals surface area contributed by atoms with Crippen LogP contribution in [-0.4, -0.2) is 0 Å². The van der Waals surface area contributed by atoms with Crippen molar-refractivity contribution >= 4 is 53.9 Å². The summed E-state index contributed by atoms with van der Waals surface area (Å²) in [7, 11) is 0. The monoisotopic (exact) mass is 682 g/mol. The van der Waals surface area contributed by atoms with Gasteiger partial charge in [-0.05, 0) is 139 Å². The SMILES string of the molecule is CC(C)(C)c1ccc2c(c1)C(C)(C)c1cc(C(C)(C)C)cc(-c3ccc4cc(-c5ccc6c7ccccc7c7cccc8ccc5c6c87)ccc4c3)c1-2. The fraction of sp³-hybridized carbons (Fsp3) is 0.208. The third-order valence-corrected chi connectivity index (χ3v) is 12.5. The van der Waals surface area contributed by atoms with Crippen molar-refractivity contribution in [3.05, 3.63) is 156 Å². The molecule has 0 N–H and O–H groups in total. The van der Waals surface area contributed by atoms with Crippen LogP contribution in [-0.2, 0) is 16.2 Å². The standard InChI is InChI=1S/C53H46/c1-51(2,3)36-21-23-44-46(29-36)53(7,8)47-30-37(52(4,5)6)28-45(49(44)47)35-19-17-32-26-34(18-16-33(32)27-35)38-24-25-43-40-14-10-9-13-39(40)41-15-11-12-31-20-22-42(38)50(43)48(31)41/h9-30H,1-8H3. The maximum atomic E-state index is 2.50. The van der Waals surface area contributed by atoms with Gasteiger partial charge in [-0.3, -0.25) is 0 Å². The first-order valence-corrected chi connectivity index (χ1v) is 19.3. The largest absolute Gasteiger partial charge is 0.0616 e. The smallest absolute Gasteiger partial charge is 0.0159 e. The normalized spacial score (nSPS) is 14.2. The Morgan fingerprint density at radius 3 is 1.62 bits per heavy atom. The predicted octanol–water partition coefficient (Wildman–Crippen LogP) is 15.1. The van der Waals surface area contributed by atoms with Gasteiger partial charge < -0.3 is 0 Å². The van der Waals surface area contributed by atoms with E-state index in [4.69, 9.17) is 0 Å². The lowest BCUT2D eigenvalue weighted by molar-refractivity contribution is 0.580. The van der Waals surface area contributed by atoms with Gasteiger partial charge >= 0.3 is 0 Å². The highest BCUT2D eigenvalue weighted by Crippen LogP contribution is 2.54. The molecule has 0 spiro atoms. The Labute approximate surface area is 313 Å². The highest BCUT2D eigenvalue weighted by molar-refractivity contribution is 6.35. The highest BCUT2D eigenvalue weighted by Gasteiger charge is 2.39. The summed E-state index contributed by atoms with van der Waals surface area (Å²) in [5, 5.41) is 13.2. The summed E-state index contributed by atoms with van der Waals surface area (Å²) >= 11 is 0. The van der Waals surface area contributed by atoms with Crippen LogP contribution in [0.5, 0.6) is 0 Å². The summed E-state index contributed by atoms with van der Waals surface area (Å²) in [5.74, 6) is 0. The second kappa shape index (κ2) is 10.8. The fourth-order valence-corrected chi connectivity index (χ4v) is 9.43. The molecule has 9 aromatic rings. The van der Waals surface area contributed by atoms with Gasteiger partial charge in [0.05, 0.1) is 0 Å². The maximum Gasteiger partial charge on any atom is 0.0159 e. The molecule has 0 fully saturated rings. The quantitative estimate of drug-likeness (QED) is 0.126. The van der Waals surface area contributed by atoms with Crippen LogP contribution in [0.3, 0.4) is 0 Å². The van der Waals surface area contributed by atoms with Gasteiger partial charge in [-0.25, -0.2) is 0 Å². The lowest BCUT2D eigenvalue weighted by Crippen LogP contribution is -2.19. The van der Waals surface area contributed by atoms with Crippen LogP contribution in [0.15, 0.2) is 133 Å². The molecule has 9 aromatic carbocycles.